The van der Waals surface area contributed by atoms with Gasteiger partial charge in [-0.3, -0.25) is 0 Å². The Bertz CT molecular complexity index is 1280. The quantitative estimate of drug-likeness (QED) is 0.497. The molecule has 0 amide bonds. The molecule has 9 nitrogen and oxygen atoms in total. The molecule has 2 N–H and O–H groups in total. The van der Waals surface area contributed by atoms with Crippen molar-refractivity contribution >= 4 is 32.7 Å². The van der Waals surface area contributed by atoms with Crippen LogP contribution in [0.4, 0.5) is 5.82 Å². The molecule has 0 fully saturated rings. The zero-order valence-electron chi connectivity index (χ0n) is 17.9. The van der Waals surface area contributed by atoms with Crippen molar-refractivity contribution in [1.29, 1.82) is 5.26 Å². The van der Waals surface area contributed by atoms with Gasteiger partial charge >= 0.3 is 5.97 Å². The number of rotatable bonds is 8. The molecule has 3 rings (SSSR count). The lowest BCUT2D eigenvalue weighted by Gasteiger charge is -2.21. The third-order valence-electron chi connectivity index (χ3n) is 4.78. The van der Waals surface area contributed by atoms with E-state index in [2.05, 4.69) is 20.0 Å². The number of carbonyl (C=O) groups excluding carboxylic acids is 1. The number of anilines is 1. The number of aromatic nitrogens is 2. The molecule has 32 heavy (non-hydrogen) atoms. The van der Waals surface area contributed by atoms with Crippen LogP contribution in [0.1, 0.15) is 25.2 Å². The molecule has 0 aliphatic heterocycles. The summed E-state index contributed by atoms with van der Waals surface area (Å²) >= 11 is 0. The number of benzene rings is 2. The molecule has 1 atom stereocenters. The Balaban J connectivity index is 1.94. The highest BCUT2D eigenvalue weighted by molar-refractivity contribution is 7.89. The second-order valence-corrected chi connectivity index (χ2v) is 9.06. The molecule has 0 unspecified atom stereocenters. The van der Waals surface area contributed by atoms with Crippen LogP contribution in [0.2, 0.25) is 0 Å². The van der Waals surface area contributed by atoms with Crippen molar-refractivity contribution in [3.05, 3.63) is 59.9 Å². The molecule has 3 aromatic rings. The number of ether oxygens (including phenoxy) is 1. The number of carbonyl (C=O) groups is 1. The number of nitrogens with one attached hydrogen (secondary N) is 2. The highest BCUT2D eigenvalue weighted by Crippen LogP contribution is 2.23. The number of hydrogen-bond donors (Lipinski definition) is 2. The molecular weight excluding hydrogens is 430 g/mol. The van der Waals surface area contributed by atoms with Crippen LogP contribution in [0.5, 0.6) is 0 Å². The fourth-order valence-corrected chi connectivity index (χ4v) is 4.25. The summed E-state index contributed by atoms with van der Waals surface area (Å²) in [6.07, 6.45) is 0. The molecule has 1 aromatic heterocycles. The topological polar surface area (TPSA) is 134 Å². The Morgan fingerprint density at radius 3 is 2.50 bits per heavy atom. The highest BCUT2D eigenvalue weighted by Gasteiger charge is 2.25. The van der Waals surface area contributed by atoms with Crippen LogP contribution in [-0.4, -0.2) is 37.5 Å². The van der Waals surface area contributed by atoms with Gasteiger partial charge in [0.1, 0.15) is 23.8 Å². The van der Waals surface area contributed by atoms with Crippen LogP contribution in [0.25, 0.3) is 10.9 Å². The molecule has 0 spiro atoms. The van der Waals surface area contributed by atoms with Gasteiger partial charge in [0.05, 0.1) is 29.6 Å². The molecule has 0 saturated carbocycles. The van der Waals surface area contributed by atoms with Crippen molar-refractivity contribution in [1.82, 2.24) is 14.7 Å². The molecule has 2 aromatic carbocycles. The van der Waals surface area contributed by atoms with E-state index in [1.165, 1.54) is 19.2 Å². The molecule has 0 radical (unpaired) electrons. The first-order chi connectivity index (χ1) is 15.3. The number of para-hydroxylation sites is 1. The minimum absolute atomic E-state index is 0.0413. The van der Waals surface area contributed by atoms with E-state index >= 15 is 0 Å². The maximum absolute atomic E-state index is 12.7. The van der Waals surface area contributed by atoms with Crippen molar-refractivity contribution < 1.29 is 17.9 Å². The molecule has 166 valence electrons. The Labute approximate surface area is 186 Å². The number of nitriles is 1. The van der Waals surface area contributed by atoms with E-state index in [0.29, 0.717) is 16.7 Å². The van der Waals surface area contributed by atoms with Gasteiger partial charge in [0.25, 0.3) is 0 Å². The fourth-order valence-electron chi connectivity index (χ4n) is 3.12. The van der Waals surface area contributed by atoms with Crippen molar-refractivity contribution in [2.75, 3.05) is 12.4 Å². The Hall–Kier alpha value is -3.55. The first-order valence-electron chi connectivity index (χ1n) is 9.85. The van der Waals surface area contributed by atoms with Crippen LogP contribution >= 0.6 is 0 Å². The summed E-state index contributed by atoms with van der Waals surface area (Å²) in [4.78, 5) is 21.0. The van der Waals surface area contributed by atoms with E-state index in [4.69, 9.17) is 4.74 Å². The number of hydrogen-bond acceptors (Lipinski definition) is 8. The predicted molar refractivity (Wildman–Crippen MR) is 119 cm³/mol. The maximum atomic E-state index is 12.7. The number of nitrogens with zero attached hydrogens (tertiary/aromatic N) is 3. The van der Waals surface area contributed by atoms with Crippen LogP contribution < -0.4 is 10.0 Å². The van der Waals surface area contributed by atoms with E-state index in [-0.39, 0.29) is 28.7 Å². The van der Waals surface area contributed by atoms with Gasteiger partial charge in [-0.2, -0.15) is 5.26 Å². The number of fused-ring (bicyclic) bond motifs is 1. The van der Waals surface area contributed by atoms with E-state index < -0.39 is 22.0 Å². The Kier molecular flexibility index (Phi) is 7.02. The predicted octanol–water partition coefficient (Wildman–Crippen LogP) is 2.59. The summed E-state index contributed by atoms with van der Waals surface area (Å²) in [5, 5.41) is 13.0. The lowest BCUT2D eigenvalue weighted by atomic mass is 10.0. The zero-order valence-corrected chi connectivity index (χ0v) is 18.7. The minimum Gasteiger partial charge on any atom is -0.467 e. The van der Waals surface area contributed by atoms with Crippen molar-refractivity contribution in [3.8, 4) is 6.07 Å². The van der Waals surface area contributed by atoms with Gasteiger partial charge in [-0.25, -0.2) is 27.9 Å². The number of esters is 1. The van der Waals surface area contributed by atoms with E-state index in [1.54, 1.807) is 24.3 Å². The van der Waals surface area contributed by atoms with Gasteiger partial charge in [0.2, 0.25) is 10.0 Å². The zero-order chi connectivity index (χ0) is 23.3. The highest BCUT2D eigenvalue weighted by atomic mass is 32.2. The molecule has 0 aliphatic carbocycles. The maximum Gasteiger partial charge on any atom is 0.328 e. The average Bonchev–Trinajstić information content (AvgIpc) is 2.80. The van der Waals surface area contributed by atoms with Gasteiger partial charge < -0.3 is 10.1 Å². The van der Waals surface area contributed by atoms with E-state index in [0.717, 1.165) is 0 Å². The van der Waals surface area contributed by atoms with E-state index in [9.17, 15) is 18.5 Å². The smallest absolute Gasteiger partial charge is 0.328 e. The third-order valence-corrected chi connectivity index (χ3v) is 6.24. The van der Waals surface area contributed by atoms with Gasteiger partial charge in [-0.15, -0.1) is 0 Å². The first-order valence-corrected chi connectivity index (χ1v) is 11.3. The lowest BCUT2D eigenvalue weighted by molar-refractivity contribution is -0.142. The van der Waals surface area contributed by atoms with Gasteiger partial charge in [-0.1, -0.05) is 38.1 Å². The van der Waals surface area contributed by atoms with Crippen LogP contribution in [0, 0.1) is 17.2 Å². The Morgan fingerprint density at radius 1 is 1.12 bits per heavy atom. The largest absolute Gasteiger partial charge is 0.467 e. The minimum atomic E-state index is -3.97. The monoisotopic (exact) mass is 453 g/mol. The number of sulfonamides is 1. The summed E-state index contributed by atoms with van der Waals surface area (Å²) in [6.45, 7) is 3.55. The first kappa shape index (κ1) is 23.1. The SMILES string of the molecule is COC(=O)[C@@H](Nc1nc(CNS(=O)(=O)c2ccccc2C#N)nc2ccccc12)C(C)C. The molecular formula is C22H23N5O4S. The number of methoxy groups -OCH3 is 1. The van der Waals surface area contributed by atoms with Crippen LogP contribution in [0.15, 0.2) is 53.4 Å². The molecule has 0 aliphatic rings. The second-order valence-electron chi connectivity index (χ2n) is 7.33. The third kappa shape index (κ3) is 5.01. The lowest BCUT2D eigenvalue weighted by Crippen LogP contribution is -2.36. The summed E-state index contributed by atoms with van der Waals surface area (Å²) in [5.41, 5.74) is 0.628. The second kappa shape index (κ2) is 9.72. The van der Waals surface area contributed by atoms with Gasteiger partial charge in [-0.05, 0) is 30.2 Å². The van der Waals surface area contributed by atoms with Crippen LogP contribution in [0.3, 0.4) is 0 Å². The summed E-state index contributed by atoms with van der Waals surface area (Å²) < 4.78 is 32.8. The molecule has 0 bridgehead atoms. The fraction of sp³-hybridized carbons (Fsp3) is 0.273. The van der Waals surface area contributed by atoms with Crippen molar-refractivity contribution in [2.45, 2.75) is 31.3 Å². The molecule has 0 saturated heterocycles. The van der Waals surface area contributed by atoms with Crippen molar-refractivity contribution in [2.24, 2.45) is 5.92 Å². The molecule has 10 heteroatoms. The van der Waals surface area contributed by atoms with E-state index in [1.807, 2.05) is 32.0 Å². The standard InChI is InChI=1S/C22H23N5O4S/c1-14(2)20(22(28)31-3)27-21-16-9-5-6-10-17(16)25-19(26-21)13-24-32(29,30)18-11-7-4-8-15(18)12-23/h4-11,14,20,24H,13H2,1-3H3,(H,25,26,27)/t20-/m0/s1. The average molecular weight is 454 g/mol. The normalized spacial score (nSPS) is 12.3. The van der Waals surface area contributed by atoms with Gasteiger partial charge in [0.15, 0.2) is 0 Å². The molecule has 1 heterocycles. The summed E-state index contributed by atoms with van der Waals surface area (Å²) in [5.74, 6) is 0.0848. The summed E-state index contributed by atoms with van der Waals surface area (Å²) in [6, 6.07) is 14.4. The van der Waals surface area contributed by atoms with Crippen molar-refractivity contribution in [3.63, 3.8) is 0 Å². The van der Waals surface area contributed by atoms with Crippen LogP contribution in [-0.2, 0) is 26.1 Å². The van der Waals surface area contributed by atoms with Gasteiger partial charge in [0, 0.05) is 5.39 Å². The Morgan fingerprint density at radius 2 is 1.81 bits per heavy atom. The summed E-state index contributed by atoms with van der Waals surface area (Å²) in [7, 11) is -2.65.